The van der Waals surface area contributed by atoms with Crippen LogP contribution in [0.25, 0.3) is 21.5 Å². The maximum Gasteiger partial charge on any atom is 0.162 e. The fourth-order valence-corrected chi connectivity index (χ4v) is 1.37. The van der Waals surface area contributed by atoms with Crippen molar-refractivity contribution in [3.63, 3.8) is 0 Å². The number of azide groups is 1. The number of rotatable bonds is 1. The lowest BCUT2D eigenvalue weighted by Gasteiger charge is -1.98. The fraction of sp³-hybridized carbons (Fsp3) is 0. The standard InChI is InChI=1S/C7H3ClFN5/c8-3-1-4-7(12-2-11-4)5(9)6(3)13-14-10/h1-2H,(H,11,12). The van der Waals surface area contributed by atoms with Crippen molar-refractivity contribution < 1.29 is 4.39 Å². The minimum absolute atomic E-state index is 0.0528. The smallest absolute Gasteiger partial charge is 0.162 e. The molecule has 0 unspecified atom stereocenters. The van der Waals surface area contributed by atoms with E-state index in [4.69, 9.17) is 17.1 Å². The average Bonchev–Trinajstić information content (AvgIpc) is 2.60. The lowest BCUT2D eigenvalue weighted by molar-refractivity contribution is 0.639. The van der Waals surface area contributed by atoms with Gasteiger partial charge in [-0.05, 0) is 11.6 Å². The van der Waals surface area contributed by atoms with E-state index in [0.717, 1.165) is 0 Å². The Labute approximate surface area is 82.1 Å². The molecule has 0 bridgehead atoms. The molecule has 1 heterocycles. The summed E-state index contributed by atoms with van der Waals surface area (Å²) in [5, 5.41) is 3.21. The van der Waals surface area contributed by atoms with Gasteiger partial charge in [0.25, 0.3) is 0 Å². The summed E-state index contributed by atoms with van der Waals surface area (Å²) in [6, 6.07) is 1.46. The van der Waals surface area contributed by atoms with Gasteiger partial charge in [0.15, 0.2) is 5.82 Å². The van der Waals surface area contributed by atoms with Crippen LogP contribution in [0.2, 0.25) is 5.02 Å². The lowest BCUT2D eigenvalue weighted by Crippen LogP contribution is -1.81. The zero-order valence-corrected chi connectivity index (χ0v) is 7.46. The number of halogens is 2. The molecule has 2 aromatic rings. The Kier molecular flexibility index (Phi) is 1.99. The summed E-state index contributed by atoms with van der Waals surface area (Å²) in [4.78, 5) is 8.91. The molecule has 0 aliphatic carbocycles. The Morgan fingerprint density at radius 1 is 1.64 bits per heavy atom. The SMILES string of the molecule is [N-]=[N+]=Nc1c(Cl)cc2[nH]cnc2c1F. The Morgan fingerprint density at radius 3 is 3.14 bits per heavy atom. The van der Waals surface area contributed by atoms with Crippen LogP contribution in [0.5, 0.6) is 0 Å². The fourth-order valence-electron chi connectivity index (χ4n) is 1.14. The van der Waals surface area contributed by atoms with Crippen molar-refractivity contribution in [2.45, 2.75) is 0 Å². The third-order valence-corrected chi connectivity index (χ3v) is 2.01. The first-order chi connectivity index (χ1) is 6.74. The second-order valence-corrected chi connectivity index (χ2v) is 2.92. The Morgan fingerprint density at radius 2 is 2.43 bits per heavy atom. The number of aromatic amines is 1. The first-order valence-electron chi connectivity index (χ1n) is 3.60. The molecule has 0 spiro atoms. The largest absolute Gasteiger partial charge is 0.344 e. The highest BCUT2D eigenvalue weighted by atomic mass is 35.5. The van der Waals surface area contributed by atoms with E-state index in [1.54, 1.807) is 0 Å². The van der Waals surface area contributed by atoms with Crippen molar-refractivity contribution in [3.8, 4) is 0 Å². The van der Waals surface area contributed by atoms with E-state index >= 15 is 0 Å². The highest BCUT2D eigenvalue weighted by Gasteiger charge is 2.12. The van der Waals surface area contributed by atoms with Gasteiger partial charge >= 0.3 is 0 Å². The summed E-state index contributed by atoms with van der Waals surface area (Å²) >= 11 is 5.69. The van der Waals surface area contributed by atoms with Crippen molar-refractivity contribution in [2.75, 3.05) is 0 Å². The number of nitrogens with zero attached hydrogens (tertiary/aromatic N) is 4. The number of hydrogen-bond acceptors (Lipinski definition) is 2. The summed E-state index contributed by atoms with van der Waals surface area (Å²) in [6.07, 6.45) is 1.34. The molecule has 1 N–H and O–H groups in total. The predicted octanol–water partition coefficient (Wildman–Crippen LogP) is 3.30. The van der Waals surface area contributed by atoms with E-state index in [2.05, 4.69) is 20.0 Å². The summed E-state index contributed by atoms with van der Waals surface area (Å²) in [7, 11) is 0. The number of hydrogen-bond donors (Lipinski definition) is 1. The van der Waals surface area contributed by atoms with E-state index in [1.165, 1.54) is 12.4 Å². The van der Waals surface area contributed by atoms with Crippen LogP contribution in [0.1, 0.15) is 0 Å². The second-order valence-electron chi connectivity index (χ2n) is 2.51. The van der Waals surface area contributed by atoms with Gasteiger partial charge in [0.1, 0.15) is 5.52 Å². The van der Waals surface area contributed by atoms with Gasteiger partial charge in [-0.3, -0.25) is 0 Å². The molecule has 1 aromatic carbocycles. The number of fused-ring (bicyclic) bond motifs is 1. The Balaban J connectivity index is 2.88. The first-order valence-corrected chi connectivity index (χ1v) is 3.98. The van der Waals surface area contributed by atoms with Crippen LogP contribution < -0.4 is 0 Å². The van der Waals surface area contributed by atoms with Crippen LogP contribution >= 0.6 is 11.6 Å². The molecule has 1 aromatic heterocycles. The van der Waals surface area contributed by atoms with Gasteiger partial charge in [0, 0.05) is 4.91 Å². The molecule has 7 heteroatoms. The van der Waals surface area contributed by atoms with Crippen molar-refractivity contribution >= 4 is 28.3 Å². The lowest BCUT2D eigenvalue weighted by atomic mass is 10.2. The predicted molar refractivity (Wildman–Crippen MR) is 49.9 cm³/mol. The molecular weight excluding hydrogens is 209 g/mol. The molecule has 0 saturated heterocycles. The van der Waals surface area contributed by atoms with E-state index in [-0.39, 0.29) is 16.2 Å². The number of nitrogens with one attached hydrogen (secondary N) is 1. The van der Waals surface area contributed by atoms with Gasteiger partial charge in [-0.25, -0.2) is 9.37 Å². The molecular formula is C7H3ClFN5. The summed E-state index contributed by atoms with van der Waals surface area (Å²) in [6.45, 7) is 0. The van der Waals surface area contributed by atoms with Gasteiger partial charge in [0.05, 0.1) is 22.6 Å². The van der Waals surface area contributed by atoms with Gasteiger partial charge in [-0.2, -0.15) is 0 Å². The highest BCUT2D eigenvalue weighted by molar-refractivity contribution is 6.33. The molecule has 5 nitrogen and oxygen atoms in total. The van der Waals surface area contributed by atoms with Crippen molar-refractivity contribution in [1.29, 1.82) is 0 Å². The Hall–Kier alpha value is -1.78. The number of H-pyrrole nitrogens is 1. The normalized spacial score (nSPS) is 10.1. The Bertz CT molecular complexity index is 542. The quantitative estimate of drug-likeness (QED) is 0.438. The zero-order valence-electron chi connectivity index (χ0n) is 6.70. The van der Waals surface area contributed by atoms with Crippen molar-refractivity contribution in [2.24, 2.45) is 5.11 Å². The van der Waals surface area contributed by atoms with Crippen LogP contribution in [-0.2, 0) is 0 Å². The van der Waals surface area contributed by atoms with E-state index in [0.29, 0.717) is 5.52 Å². The minimum Gasteiger partial charge on any atom is -0.344 e. The second kappa shape index (κ2) is 3.17. The molecule has 0 atom stereocenters. The minimum atomic E-state index is -0.716. The van der Waals surface area contributed by atoms with Crippen molar-refractivity contribution in [3.05, 3.63) is 33.7 Å². The van der Waals surface area contributed by atoms with Gasteiger partial charge in [0.2, 0.25) is 0 Å². The molecule has 0 aliphatic rings. The van der Waals surface area contributed by atoms with Gasteiger partial charge in [-0.15, -0.1) is 0 Å². The molecule has 14 heavy (non-hydrogen) atoms. The van der Waals surface area contributed by atoms with Crippen LogP contribution in [0.3, 0.4) is 0 Å². The van der Waals surface area contributed by atoms with Gasteiger partial charge < -0.3 is 4.98 Å². The number of benzene rings is 1. The average molecular weight is 212 g/mol. The third-order valence-electron chi connectivity index (χ3n) is 1.73. The van der Waals surface area contributed by atoms with E-state index in [9.17, 15) is 4.39 Å². The molecule has 0 fully saturated rings. The highest BCUT2D eigenvalue weighted by Crippen LogP contribution is 2.32. The maximum atomic E-state index is 13.5. The molecule has 0 aliphatic heterocycles. The molecule has 0 radical (unpaired) electrons. The summed E-state index contributed by atoms with van der Waals surface area (Å²) in [5.74, 6) is -0.716. The molecule has 2 rings (SSSR count). The van der Waals surface area contributed by atoms with E-state index < -0.39 is 5.82 Å². The van der Waals surface area contributed by atoms with E-state index in [1.807, 2.05) is 0 Å². The van der Waals surface area contributed by atoms with Crippen LogP contribution in [0.15, 0.2) is 17.5 Å². The first kappa shape index (κ1) is 8.80. The molecule has 70 valence electrons. The maximum absolute atomic E-state index is 13.5. The summed E-state index contributed by atoms with van der Waals surface area (Å²) in [5.41, 5.74) is 8.54. The number of aromatic nitrogens is 2. The number of imidazole rings is 1. The third kappa shape index (κ3) is 1.17. The van der Waals surface area contributed by atoms with Crippen LogP contribution in [-0.4, -0.2) is 9.97 Å². The monoisotopic (exact) mass is 211 g/mol. The molecule has 0 amide bonds. The van der Waals surface area contributed by atoms with Crippen molar-refractivity contribution in [1.82, 2.24) is 9.97 Å². The van der Waals surface area contributed by atoms with Gasteiger partial charge in [-0.1, -0.05) is 16.7 Å². The summed E-state index contributed by atoms with van der Waals surface area (Å²) < 4.78 is 13.5. The molecule has 0 saturated carbocycles. The van der Waals surface area contributed by atoms with Crippen LogP contribution in [0, 0.1) is 5.82 Å². The topological polar surface area (TPSA) is 77.4 Å². The van der Waals surface area contributed by atoms with Crippen LogP contribution in [0.4, 0.5) is 10.1 Å². The zero-order chi connectivity index (χ0) is 10.1.